The van der Waals surface area contributed by atoms with Crippen LogP contribution in [0.25, 0.3) is 33.4 Å². The van der Waals surface area contributed by atoms with Gasteiger partial charge in [-0.3, -0.25) is 28.8 Å². The number of likely N-dealkylation sites (N-methyl/N-ethyl adjacent to an activating group) is 1. The van der Waals surface area contributed by atoms with Crippen LogP contribution in [0.3, 0.4) is 0 Å². The molecule has 0 radical (unpaired) electrons. The number of amides is 2. The van der Waals surface area contributed by atoms with Crippen LogP contribution in [-0.2, 0) is 54.4 Å². The summed E-state index contributed by atoms with van der Waals surface area (Å²) in [5.74, 6) is -0.263. The van der Waals surface area contributed by atoms with Crippen LogP contribution in [0, 0.1) is 0 Å². The highest BCUT2D eigenvalue weighted by atomic mass is 16.5. The zero-order valence-corrected chi connectivity index (χ0v) is 30.4. The van der Waals surface area contributed by atoms with E-state index < -0.39 is 54.1 Å². The van der Waals surface area contributed by atoms with Gasteiger partial charge < -0.3 is 44.3 Å². The number of nitrogens with one attached hydrogen (secondary N) is 2. The lowest BCUT2D eigenvalue weighted by Gasteiger charge is -2.15. The second-order valence-electron chi connectivity index (χ2n) is 13.0. The fourth-order valence-electron chi connectivity index (χ4n) is 6.76. The van der Waals surface area contributed by atoms with E-state index in [1.165, 1.54) is 24.3 Å². The predicted molar refractivity (Wildman–Crippen MR) is 195 cm³/mol. The SMILES string of the molecule is CCNC(=O)[C@H]1O[C@@H](CCn2cnc3c(N)nc(NC(=O)COc4ccc(CCc5nc6c(c(=O)n(C)c(=O)n6CC)n5C)c5ocnc45)nc32)[C@H](O)[C@@H]1O. The largest absolute Gasteiger partial charge is 0.481 e. The van der Waals surface area contributed by atoms with E-state index >= 15 is 0 Å². The molecule has 1 saturated heterocycles. The molecule has 2 amide bonds. The second-order valence-corrected chi connectivity index (χ2v) is 13.0. The van der Waals surface area contributed by atoms with Crippen LogP contribution in [0.15, 0.2) is 38.9 Å². The third-order valence-corrected chi connectivity index (χ3v) is 9.64. The van der Waals surface area contributed by atoms with E-state index in [0.29, 0.717) is 65.4 Å². The first-order chi connectivity index (χ1) is 26.4. The molecule has 0 spiro atoms. The van der Waals surface area contributed by atoms with E-state index in [1.807, 2.05) is 6.92 Å². The maximum absolute atomic E-state index is 13.0. The number of nitrogens with zero attached hydrogens (tertiary/aromatic N) is 9. The van der Waals surface area contributed by atoms with Gasteiger partial charge in [0.2, 0.25) is 5.95 Å². The highest BCUT2D eigenvalue weighted by molar-refractivity contribution is 5.92. The summed E-state index contributed by atoms with van der Waals surface area (Å²) < 4.78 is 23.0. The minimum Gasteiger partial charge on any atom is -0.481 e. The molecule has 1 aliphatic rings. The Morgan fingerprint density at radius 3 is 2.56 bits per heavy atom. The molecule has 6 heterocycles. The lowest BCUT2D eigenvalue weighted by atomic mass is 10.1. The van der Waals surface area contributed by atoms with Crippen molar-refractivity contribution in [1.82, 2.24) is 48.5 Å². The fourth-order valence-corrected chi connectivity index (χ4v) is 6.76. The number of aliphatic hydroxyl groups excluding tert-OH is 2. The first-order valence-electron chi connectivity index (χ1n) is 17.6. The maximum atomic E-state index is 13.0. The van der Waals surface area contributed by atoms with Crippen LogP contribution in [0.2, 0.25) is 0 Å². The molecule has 1 aromatic carbocycles. The Balaban J connectivity index is 1.000. The Hall–Kier alpha value is -6.19. The van der Waals surface area contributed by atoms with Crippen molar-refractivity contribution in [2.45, 2.75) is 70.6 Å². The van der Waals surface area contributed by atoms with E-state index in [1.54, 1.807) is 35.2 Å². The number of hydrogen-bond acceptors (Lipinski definition) is 15. The first-order valence-corrected chi connectivity index (χ1v) is 17.6. The summed E-state index contributed by atoms with van der Waals surface area (Å²) in [6, 6.07) is 3.47. The molecule has 6 aromatic rings. The van der Waals surface area contributed by atoms with Gasteiger partial charge in [-0.1, -0.05) is 6.07 Å². The van der Waals surface area contributed by atoms with E-state index in [0.717, 1.165) is 10.1 Å². The number of aryl methyl sites for hydroxylation is 5. The number of anilines is 2. The number of aliphatic hydroxyl groups is 2. The van der Waals surface area contributed by atoms with Crippen molar-refractivity contribution in [3.63, 3.8) is 0 Å². The van der Waals surface area contributed by atoms with Crippen LogP contribution in [-0.4, -0.2) is 103 Å². The summed E-state index contributed by atoms with van der Waals surface area (Å²) in [7, 11) is 3.19. The molecule has 55 heavy (non-hydrogen) atoms. The standard InChI is InChI=1S/C34H40N12O9/c1-5-36-31(50)27-25(49)24(48)18(55-27)11-12-45-14-37-22-28(35)41-33(42-29(22)45)40-20(47)13-53-17-9-7-16(26-21(17)38-15-54-26)8-10-19-39-30-23(43(19)3)32(51)44(4)34(52)46(30)6-2/h7,9,14-15,18,24-25,27,48-49H,5-6,8,10-13H2,1-4H3,(H,36,50)(H3,35,40,41,42,47)/t18-,24-,25-,27-/m0/s1. The number of hydrogen-bond donors (Lipinski definition) is 5. The monoisotopic (exact) mass is 760 g/mol. The average molecular weight is 761 g/mol. The zero-order chi connectivity index (χ0) is 39.1. The molecule has 1 aliphatic heterocycles. The minimum absolute atomic E-state index is 0.0181. The third-order valence-electron chi connectivity index (χ3n) is 9.64. The Labute approximate surface area is 310 Å². The van der Waals surface area contributed by atoms with Crippen molar-refractivity contribution in [3.8, 4) is 5.75 Å². The van der Waals surface area contributed by atoms with Crippen molar-refractivity contribution in [2.75, 3.05) is 24.2 Å². The summed E-state index contributed by atoms with van der Waals surface area (Å²) in [4.78, 5) is 72.5. The van der Waals surface area contributed by atoms with Crippen LogP contribution in [0.5, 0.6) is 5.75 Å². The van der Waals surface area contributed by atoms with Gasteiger partial charge in [-0.15, -0.1) is 0 Å². The maximum Gasteiger partial charge on any atom is 0.332 e. The number of fused-ring (bicyclic) bond motifs is 3. The molecule has 0 unspecified atom stereocenters. The van der Waals surface area contributed by atoms with Gasteiger partial charge in [-0.25, -0.2) is 19.7 Å². The smallest absolute Gasteiger partial charge is 0.332 e. The van der Waals surface area contributed by atoms with Crippen LogP contribution in [0.1, 0.15) is 31.7 Å². The quantitative estimate of drug-likeness (QED) is 0.0958. The lowest BCUT2D eigenvalue weighted by molar-refractivity contribution is -0.135. The van der Waals surface area contributed by atoms with Crippen molar-refractivity contribution >= 4 is 57.0 Å². The molecule has 5 aromatic heterocycles. The number of nitrogens with two attached hydrogens (primary N) is 1. The number of benzene rings is 1. The minimum atomic E-state index is -1.38. The normalized spacial score (nSPS) is 18.4. The van der Waals surface area contributed by atoms with Gasteiger partial charge in [0.15, 0.2) is 52.8 Å². The summed E-state index contributed by atoms with van der Waals surface area (Å²) >= 11 is 0. The number of rotatable bonds is 13. The summed E-state index contributed by atoms with van der Waals surface area (Å²) in [5, 5.41) is 26.0. The fraction of sp³-hybridized carbons (Fsp3) is 0.441. The van der Waals surface area contributed by atoms with Crippen molar-refractivity contribution in [3.05, 3.63) is 57.1 Å². The Bertz CT molecular complexity index is 2550. The van der Waals surface area contributed by atoms with E-state index in [2.05, 4.69) is 35.6 Å². The van der Waals surface area contributed by atoms with Crippen LogP contribution < -0.4 is 32.4 Å². The van der Waals surface area contributed by atoms with Gasteiger partial charge in [0.1, 0.15) is 29.3 Å². The Kier molecular flexibility index (Phi) is 10.1. The molecular formula is C34H40N12O9. The number of carbonyl (C=O) groups is 2. The van der Waals surface area contributed by atoms with Crippen LogP contribution >= 0.6 is 0 Å². The molecule has 4 atom stereocenters. The van der Waals surface area contributed by atoms with Gasteiger partial charge >= 0.3 is 5.69 Å². The average Bonchev–Trinajstić information content (AvgIpc) is 3.95. The van der Waals surface area contributed by atoms with Gasteiger partial charge in [0.25, 0.3) is 17.4 Å². The molecule has 290 valence electrons. The number of aromatic nitrogens is 9. The first kappa shape index (κ1) is 37.1. The summed E-state index contributed by atoms with van der Waals surface area (Å²) in [6.07, 6.45) is -0.835. The Morgan fingerprint density at radius 1 is 1.00 bits per heavy atom. The van der Waals surface area contributed by atoms with Crippen molar-refractivity contribution in [2.24, 2.45) is 14.1 Å². The molecular weight excluding hydrogens is 720 g/mol. The highest BCUT2D eigenvalue weighted by Gasteiger charge is 2.45. The molecule has 1 fully saturated rings. The molecule has 0 bridgehead atoms. The van der Waals surface area contributed by atoms with E-state index in [-0.39, 0.29) is 30.2 Å². The third kappa shape index (κ3) is 6.76. The van der Waals surface area contributed by atoms with Crippen molar-refractivity contribution in [1.29, 1.82) is 0 Å². The van der Waals surface area contributed by atoms with E-state index in [9.17, 15) is 29.4 Å². The number of imidazole rings is 2. The molecule has 0 saturated carbocycles. The molecule has 21 nitrogen and oxygen atoms in total. The zero-order valence-electron chi connectivity index (χ0n) is 30.4. The predicted octanol–water partition coefficient (Wildman–Crippen LogP) is -0.865. The van der Waals surface area contributed by atoms with Gasteiger partial charge in [0, 0.05) is 40.2 Å². The number of ether oxygens (including phenoxy) is 2. The highest BCUT2D eigenvalue weighted by Crippen LogP contribution is 2.29. The van der Waals surface area contributed by atoms with Gasteiger partial charge in [-0.2, -0.15) is 9.97 Å². The molecule has 21 heteroatoms. The molecule has 7 rings (SSSR count). The number of oxazole rings is 1. The second kappa shape index (κ2) is 14.9. The van der Waals surface area contributed by atoms with Crippen molar-refractivity contribution < 1.29 is 33.7 Å². The summed E-state index contributed by atoms with van der Waals surface area (Å²) in [5.41, 5.74) is 8.20. The summed E-state index contributed by atoms with van der Waals surface area (Å²) in [6.45, 7) is 4.06. The van der Waals surface area contributed by atoms with Gasteiger partial charge in [-0.05, 0) is 38.3 Å². The Morgan fingerprint density at radius 2 is 1.80 bits per heavy atom. The number of carbonyl (C=O) groups excluding carboxylic acids is 2. The lowest BCUT2D eigenvalue weighted by Crippen LogP contribution is -2.42. The topological polar surface area (TPSA) is 275 Å². The molecule has 0 aliphatic carbocycles. The van der Waals surface area contributed by atoms with Crippen LogP contribution in [0.4, 0.5) is 11.8 Å². The van der Waals surface area contributed by atoms with E-state index in [4.69, 9.17) is 19.6 Å². The van der Waals surface area contributed by atoms with Gasteiger partial charge in [0.05, 0.1) is 12.4 Å². The number of nitrogen functional groups attached to an aromatic ring is 1. The molecule has 6 N–H and O–H groups in total.